The molecule has 0 fully saturated rings. The second-order valence-corrected chi connectivity index (χ2v) is 4.20. The van der Waals surface area contributed by atoms with Crippen molar-refractivity contribution in [1.82, 2.24) is 5.32 Å². The third-order valence-corrected chi connectivity index (χ3v) is 2.52. The highest BCUT2D eigenvalue weighted by Crippen LogP contribution is 2.10. The number of terminal acetylenes is 1. The highest BCUT2D eigenvalue weighted by atomic mass is 16.5. The fourth-order valence-corrected chi connectivity index (χ4v) is 1.36. The van der Waals surface area contributed by atoms with Gasteiger partial charge in [0.15, 0.2) is 0 Å². The first-order valence-electron chi connectivity index (χ1n) is 5.63. The van der Waals surface area contributed by atoms with Crippen molar-refractivity contribution in [2.75, 3.05) is 0 Å². The van der Waals surface area contributed by atoms with E-state index >= 15 is 0 Å². The fourth-order valence-electron chi connectivity index (χ4n) is 1.36. The van der Waals surface area contributed by atoms with Crippen molar-refractivity contribution in [1.29, 1.82) is 0 Å². The summed E-state index contributed by atoms with van der Waals surface area (Å²) >= 11 is 0. The van der Waals surface area contributed by atoms with Crippen LogP contribution >= 0.6 is 0 Å². The molecule has 5 heteroatoms. The Hall–Kier alpha value is -2.48. The predicted octanol–water partition coefficient (Wildman–Crippen LogP) is 1.78. The Balaban J connectivity index is 2.55. The van der Waals surface area contributed by atoms with Crippen LogP contribution in [0.25, 0.3) is 0 Å². The van der Waals surface area contributed by atoms with Crippen LogP contribution in [0.3, 0.4) is 0 Å². The molecule has 0 spiro atoms. The molecule has 2 N–H and O–H groups in total. The molecular formula is C14H15NO4. The van der Waals surface area contributed by atoms with Crippen LogP contribution in [0.15, 0.2) is 30.3 Å². The molecule has 0 aliphatic rings. The zero-order valence-corrected chi connectivity index (χ0v) is 10.6. The second-order valence-electron chi connectivity index (χ2n) is 4.20. The number of alkyl carbamates (subject to hydrolysis) is 1. The smallest absolute Gasteiger partial charge is 0.408 e. The van der Waals surface area contributed by atoms with E-state index in [1.165, 1.54) is 6.92 Å². The van der Waals surface area contributed by atoms with Gasteiger partial charge in [-0.25, -0.2) is 9.59 Å². The average molecular weight is 261 g/mol. The molecule has 1 aromatic carbocycles. The molecule has 0 aromatic heterocycles. The van der Waals surface area contributed by atoms with Crippen molar-refractivity contribution >= 4 is 12.1 Å². The molecule has 0 saturated carbocycles. The SMILES string of the molecule is C#CCC(C)(NC(=O)OCc1ccccc1)C(=O)O. The fraction of sp³-hybridized carbons (Fsp3) is 0.286. The van der Waals surface area contributed by atoms with E-state index < -0.39 is 17.6 Å². The molecule has 100 valence electrons. The molecule has 1 unspecified atom stereocenters. The minimum absolute atomic E-state index is 0.0679. The molecule has 0 heterocycles. The van der Waals surface area contributed by atoms with Gasteiger partial charge in [0, 0.05) is 6.42 Å². The van der Waals surface area contributed by atoms with Crippen molar-refractivity contribution in [2.45, 2.75) is 25.5 Å². The van der Waals surface area contributed by atoms with E-state index in [9.17, 15) is 9.59 Å². The third-order valence-electron chi connectivity index (χ3n) is 2.52. The van der Waals surface area contributed by atoms with Crippen LogP contribution in [-0.2, 0) is 16.1 Å². The van der Waals surface area contributed by atoms with Gasteiger partial charge in [-0.1, -0.05) is 30.3 Å². The number of benzene rings is 1. The summed E-state index contributed by atoms with van der Waals surface area (Å²) in [6.45, 7) is 1.40. The molecule has 1 aromatic rings. The summed E-state index contributed by atoms with van der Waals surface area (Å²) in [6.07, 6.45) is 4.15. The van der Waals surface area contributed by atoms with E-state index in [1.807, 2.05) is 18.2 Å². The van der Waals surface area contributed by atoms with E-state index in [4.69, 9.17) is 16.3 Å². The molecule has 0 aliphatic heterocycles. The summed E-state index contributed by atoms with van der Waals surface area (Å²) in [5.74, 6) is 1.01. The van der Waals surface area contributed by atoms with Crippen LogP contribution in [-0.4, -0.2) is 22.7 Å². The number of aliphatic carboxylic acids is 1. The number of amides is 1. The zero-order valence-electron chi connectivity index (χ0n) is 10.6. The van der Waals surface area contributed by atoms with Gasteiger partial charge in [-0.2, -0.15) is 0 Å². The summed E-state index contributed by atoms with van der Waals surface area (Å²) in [4.78, 5) is 22.6. The lowest BCUT2D eigenvalue weighted by atomic mass is 9.99. The summed E-state index contributed by atoms with van der Waals surface area (Å²) < 4.78 is 4.94. The van der Waals surface area contributed by atoms with Gasteiger partial charge in [0.2, 0.25) is 0 Å². The summed E-state index contributed by atoms with van der Waals surface area (Å²) in [5.41, 5.74) is -0.714. The Kier molecular flexibility index (Phi) is 4.95. The molecule has 1 atom stereocenters. The van der Waals surface area contributed by atoms with Gasteiger partial charge in [-0.15, -0.1) is 12.3 Å². The van der Waals surface area contributed by atoms with Crippen LogP contribution in [0, 0.1) is 12.3 Å². The Morgan fingerprint density at radius 3 is 2.58 bits per heavy atom. The number of carbonyl (C=O) groups excluding carboxylic acids is 1. The van der Waals surface area contributed by atoms with Gasteiger partial charge in [-0.05, 0) is 12.5 Å². The highest BCUT2D eigenvalue weighted by Gasteiger charge is 2.34. The molecule has 0 saturated heterocycles. The van der Waals surface area contributed by atoms with Crippen LogP contribution in [0.1, 0.15) is 18.9 Å². The first-order chi connectivity index (χ1) is 8.98. The Bertz CT molecular complexity index is 492. The van der Waals surface area contributed by atoms with Gasteiger partial charge < -0.3 is 15.2 Å². The minimum Gasteiger partial charge on any atom is -0.479 e. The number of carbonyl (C=O) groups is 2. The highest BCUT2D eigenvalue weighted by molar-refractivity contribution is 5.84. The van der Waals surface area contributed by atoms with Crippen LogP contribution in [0.5, 0.6) is 0 Å². The molecule has 0 aliphatic carbocycles. The molecular weight excluding hydrogens is 246 g/mol. The third kappa shape index (κ3) is 4.36. The van der Waals surface area contributed by atoms with Gasteiger partial charge >= 0.3 is 12.1 Å². The monoisotopic (exact) mass is 261 g/mol. The van der Waals surface area contributed by atoms with Crippen molar-refractivity contribution in [3.8, 4) is 12.3 Å². The second kappa shape index (κ2) is 6.45. The van der Waals surface area contributed by atoms with E-state index in [0.717, 1.165) is 5.56 Å². The number of hydrogen-bond acceptors (Lipinski definition) is 3. The normalized spacial score (nSPS) is 12.8. The maximum atomic E-state index is 11.5. The van der Waals surface area contributed by atoms with Crippen molar-refractivity contribution in [3.63, 3.8) is 0 Å². The summed E-state index contributed by atoms with van der Waals surface area (Å²) in [5, 5.41) is 11.3. The maximum Gasteiger partial charge on any atom is 0.408 e. The number of nitrogens with one attached hydrogen (secondary N) is 1. The van der Waals surface area contributed by atoms with Crippen molar-refractivity contribution < 1.29 is 19.4 Å². The number of ether oxygens (including phenoxy) is 1. The number of carboxylic acids is 1. The van der Waals surface area contributed by atoms with Crippen molar-refractivity contribution in [3.05, 3.63) is 35.9 Å². The van der Waals surface area contributed by atoms with Crippen LogP contribution < -0.4 is 5.32 Å². The molecule has 1 amide bonds. The topological polar surface area (TPSA) is 75.6 Å². The summed E-state index contributed by atoms with van der Waals surface area (Å²) in [6, 6.07) is 9.07. The largest absolute Gasteiger partial charge is 0.479 e. The zero-order chi connectivity index (χ0) is 14.3. The van der Waals surface area contributed by atoms with E-state index in [2.05, 4.69) is 11.2 Å². The van der Waals surface area contributed by atoms with E-state index in [-0.39, 0.29) is 13.0 Å². The standard InChI is InChI=1S/C14H15NO4/c1-3-9-14(2,12(16)17)15-13(18)19-10-11-7-5-4-6-8-11/h1,4-8H,9-10H2,2H3,(H,15,18)(H,16,17). The lowest BCUT2D eigenvalue weighted by Gasteiger charge is -2.23. The predicted molar refractivity (Wildman–Crippen MR) is 69.3 cm³/mol. The molecule has 0 bridgehead atoms. The average Bonchev–Trinajstić information content (AvgIpc) is 2.37. The Morgan fingerprint density at radius 1 is 1.42 bits per heavy atom. The first-order valence-corrected chi connectivity index (χ1v) is 5.63. The van der Waals surface area contributed by atoms with Crippen LogP contribution in [0.4, 0.5) is 4.79 Å². The first kappa shape index (κ1) is 14.6. The molecule has 5 nitrogen and oxygen atoms in total. The lowest BCUT2D eigenvalue weighted by Crippen LogP contribution is -2.52. The van der Waals surface area contributed by atoms with E-state index in [0.29, 0.717) is 0 Å². The van der Waals surface area contributed by atoms with Gasteiger partial charge in [-0.3, -0.25) is 0 Å². The summed E-state index contributed by atoms with van der Waals surface area (Å²) in [7, 11) is 0. The Morgan fingerprint density at radius 2 is 2.05 bits per heavy atom. The van der Waals surface area contributed by atoms with Gasteiger partial charge in [0.05, 0.1) is 0 Å². The van der Waals surface area contributed by atoms with Gasteiger partial charge in [0.25, 0.3) is 0 Å². The quantitative estimate of drug-likeness (QED) is 0.792. The Labute approximate surface area is 111 Å². The lowest BCUT2D eigenvalue weighted by molar-refractivity contribution is -0.143. The van der Waals surface area contributed by atoms with E-state index in [1.54, 1.807) is 12.1 Å². The van der Waals surface area contributed by atoms with Crippen molar-refractivity contribution in [2.24, 2.45) is 0 Å². The number of carboxylic acid groups (broad SMARTS) is 1. The molecule has 1 rings (SSSR count). The maximum absolute atomic E-state index is 11.5. The molecule has 0 radical (unpaired) electrons. The van der Waals surface area contributed by atoms with Crippen LogP contribution in [0.2, 0.25) is 0 Å². The minimum atomic E-state index is -1.53. The number of hydrogen-bond donors (Lipinski definition) is 2. The van der Waals surface area contributed by atoms with Gasteiger partial charge in [0.1, 0.15) is 12.1 Å². The number of rotatable bonds is 5. The molecule has 19 heavy (non-hydrogen) atoms.